The molecule has 0 aromatic carbocycles. The van der Waals surface area contributed by atoms with Gasteiger partial charge in [0.05, 0.1) is 12.6 Å². The number of carbonyl (C=O) groups is 1. The van der Waals surface area contributed by atoms with Crippen molar-refractivity contribution in [3.63, 3.8) is 0 Å². The van der Waals surface area contributed by atoms with E-state index in [0.717, 1.165) is 25.2 Å². The summed E-state index contributed by atoms with van der Waals surface area (Å²) in [6.07, 6.45) is 2.40. The molecule has 5 nitrogen and oxygen atoms in total. The summed E-state index contributed by atoms with van der Waals surface area (Å²) >= 11 is 0. The second-order valence-electron chi connectivity index (χ2n) is 3.65. The molecule has 0 saturated carbocycles. The summed E-state index contributed by atoms with van der Waals surface area (Å²) in [7, 11) is 0. The molecule has 0 bridgehead atoms. The number of hydrogen-bond acceptors (Lipinski definition) is 4. The zero-order valence-electron chi connectivity index (χ0n) is 8.77. The molecule has 82 valence electrons. The van der Waals surface area contributed by atoms with E-state index in [9.17, 15) is 4.79 Å². The van der Waals surface area contributed by atoms with E-state index in [0.29, 0.717) is 6.54 Å². The third-order valence-corrected chi connectivity index (χ3v) is 2.59. The molecule has 1 unspecified atom stereocenters. The maximum absolute atomic E-state index is 11.8. The van der Waals surface area contributed by atoms with E-state index < -0.39 is 0 Å². The Morgan fingerprint density at radius 3 is 3.27 bits per heavy atom. The van der Waals surface area contributed by atoms with Crippen molar-refractivity contribution in [2.24, 2.45) is 0 Å². The highest BCUT2D eigenvalue weighted by atomic mass is 16.5. The molecular weight excluding hydrogens is 194 g/mol. The number of nitrogens with zero attached hydrogens (tertiary/aromatic N) is 2. The van der Waals surface area contributed by atoms with E-state index in [-0.39, 0.29) is 11.9 Å². The van der Waals surface area contributed by atoms with Crippen molar-refractivity contribution >= 4 is 5.91 Å². The lowest BCUT2D eigenvalue weighted by Gasteiger charge is -2.14. The molecule has 15 heavy (non-hydrogen) atoms. The van der Waals surface area contributed by atoms with Crippen LogP contribution < -0.4 is 5.32 Å². The number of likely N-dealkylation sites (tertiary alicyclic amines) is 1. The molecule has 1 saturated heterocycles. The molecule has 5 heteroatoms. The predicted octanol–water partition coefficient (Wildman–Crippen LogP) is 0.385. The molecule has 2 heterocycles. The molecule has 2 rings (SSSR count). The zero-order chi connectivity index (χ0) is 10.7. The molecule has 1 amide bonds. The van der Waals surface area contributed by atoms with Crippen LogP contribution >= 0.6 is 0 Å². The first-order valence-corrected chi connectivity index (χ1v) is 5.22. The fourth-order valence-electron chi connectivity index (χ4n) is 1.85. The number of amides is 1. The Morgan fingerprint density at radius 1 is 1.73 bits per heavy atom. The fraction of sp³-hybridized carbons (Fsp3) is 0.600. The second kappa shape index (κ2) is 4.44. The number of aromatic nitrogens is 1. The molecule has 1 aromatic rings. The summed E-state index contributed by atoms with van der Waals surface area (Å²) in [6.45, 7) is 4.18. The maximum Gasteiger partial charge on any atom is 0.240 e. The van der Waals surface area contributed by atoms with Crippen LogP contribution in [0.3, 0.4) is 0 Å². The minimum atomic E-state index is -0.0121. The highest BCUT2D eigenvalue weighted by molar-refractivity contribution is 5.83. The van der Waals surface area contributed by atoms with E-state index in [2.05, 4.69) is 10.5 Å². The molecule has 1 aromatic heterocycles. The van der Waals surface area contributed by atoms with Gasteiger partial charge >= 0.3 is 0 Å². The summed E-state index contributed by atoms with van der Waals surface area (Å²) in [5.41, 5.74) is 0.806. The van der Waals surface area contributed by atoms with Gasteiger partial charge in [-0.25, -0.2) is 0 Å². The molecule has 0 radical (unpaired) electrons. The van der Waals surface area contributed by atoms with Crippen LogP contribution in [0.4, 0.5) is 0 Å². The van der Waals surface area contributed by atoms with Gasteiger partial charge in [-0.15, -0.1) is 0 Å². The van der Waals surface area contributed by atoms with Gasteiger partial charge in [0.1, 0.15) is 12.0 Å². The van der Waals surface area contributed by atoms with Crippen molar-refractivity contribution in [2.45, 2.75) is 25.9 Å². The molecule has 1 atom stereocenters. The van der Waals surface area contributed by atoms with E-state index >= 15 is 0 Å². The molecule has 0 aliphatic carbocycles. The van der Waals surface area contributed by atoms with Gasteiger partial charge in [0.25, 0.3) is 0 Å². The van der Waals surface area contributed by atoms with E-state index in [1.165, 1.54) is 6.26 Å². The van der Waals surface area contributed by atoms with Crippen LogP contribution in [0.2, 0.25) is 0 Å². The summed E-state index contributed by atoms with van der Waals surface area (Å²) in [6, 6.07) is 1.77. The fourth-order valence-corrected chi connectivity index (χ4v) is 1.85. The minimum Gasteiger partial charge on any atom is -0.364 e. The zero-order valence-corrected chi connectivity index (χ0v) is 8.77. The highest BCUT2D eigenvalue weighted by Gasteiger charge is 2.30. The first kappa shape index (κ1) is 10.2. The largest absolute Gasteiger partial charge is 0.364 e. The van der Waals surface area contributed by atoms with Gasteiger partial charge in [0.2, 0.25) is 5.91 Å². The van der Waals surface area contributed by atoms with Crippen molar-refractivity contribution in [3.8, 4) is 0 Å². The van der Waals surface area contributed by atoms with Crippen molar-refractivity contribution in [2.75, 3.05) is 13.1 Å². The molecule has 1 fully saturated rings. The molecule has 1 aliphatic heterocycles. The Kier molecular flexibility index (Phi) is 3.01. The van der Waals surface area contributed by atoms with Gasteiger partial charge in [-0.1, -0.05) is 12.1 Å². The predicted molar refractivity (Wildman–Crippen MR) is 54.0 cm³/mol. The van der Waals surface area contributed by atoms with Crippen LogP contribution in [0, 0.1) is 0 Å². The van der Waals surface area contributed by atoms with Crippen LogP contribution in [0.1, 0.15) is 19.0 Å². The summed E-state index contributed by atoms with van der Waals surface area (Å²) in [4.78, 5) is 13.6. The first-order valence-electron chi connectivity index (χ1n) is 5.22. The van der Waals surface area contributed by atoms with Crippen LogP contribution in [0.15, 0.2) is 16.9 Å². The van der Waals surface area contributed by atoms with Crippen molar-refractivity contribution in [1.29, 1.82) is 0 Å². The first-order chi connectivity index (χ1) is 7.31. The average molecular weight is 209 g/mol. The molecule has 1 N–H and O–H groups in total. The SMILES string of the molecule is CCNC1CCN(Cc2ccon2)C1=O. The number of rotatable bonds is 4. The normalized spacial score (nSPS) is 21.3. The van der Waals surface area contributed by atoms with Crippen molar-refractivity contribution in [1.82, 2.24) is 15.4 Å². The third kappa shape index (κ3) is 2.18. The number of likely N-dealkylation sites (N-methyl/N-ethyl adjacent to an activating group) is 1. The standard InChI is InChI=1S/C10H15N3O2/c1-2-11-9-3-5-13(10(9)14)7-8-4-6-15-12-8/h4,6,9,11H,2-3,5,7H2,1H3. The molecule has 1 aliphatic rings. The van der Waals surface area contributed by atoms with Crippen LogP contribution in [-0.2, 0) is 11.3 Å². The molecular formula is C10H15N3O2. The Morgan fingerprint density at radius 2 is 2.60 bits per heavy atom. The lowest BCUT2D eigenvalue weighted by molar-refractivity contribution is -0.129. The van der Waals surface area contributed by atoms with Crippen LogP contribution in [-0.4, -0.2) is 35.1 Å². The van der Waals surface area contributed by atoms with Crippen molar-refractivity contribution < 1.29 is 9.32 Å². The van der Waals surface area contributed by atoms with Gasteiger partial charge in [-0.3, -0.25) is 4.79 Å². The Bertz CT molecular complexity index is 323. The highest BCUT2D eigenvalue weighted by Crippen LogP contribution is 2.13. The maximum atomic E-state index is 11.8. The van der Waals surface area contributed by atoms with Gasteiger partial charge < -0.3 is 14.7 Å². The van der Waals surface area contributed by atoms with Crippen molar-refractivity contribution in [3.05, 3.63) is 18.0 Å². The van der Waals surface area contributed by atoms with Gasteiger partial charge in [-0.05, 0) is 13.0 Å². The van der Waals surface area contributed by atoms with E-state index in [1.807, 2.05) is 11.8 Å². The second-order valence-corrected chi connectivity index (χ2v) is 3.65. The number of nitrogens with one attached hydrogen (secondary N) is 1. The Hall–Kier alpha value is -1.36. The Labute approximate surface area is 88.4 Å². The molecule has 0 spiro atoms. The van der Waals surface area contributed by atoms with Gasteiger partial charge in [0.15, 0.2) is 0 Å². The summed E-state index contributed by atoms with van der Waals surface area (Å²) in [5, 5.41) is 6.96. The van der Waals surface area contributed by atoms with E-state index in [4.69, 9.17) is 4.52 Å². The monoisotopic (exact) mass is 209 g/mol. The third-order valence-electron chi connectivity index (χ3n) is 2.59. The van der Waals surface area contributed by atoms with Gasteiger partial charge in [0, 0.05) is 12.6 Å². The summed E-state index contributed by atoms with van der Waals surface area (Å²) in [5.74, 6) is 0.167. The minimum absolute atomic E-state index is 0.0121. The average Bonchev–Trinajstić information content (AvgIpc) is 2.83. The lowest BCUT2D eigenvalue weighted by atomic mass is 10.2. The number of hydrogen-bond donors (Lipinski definition) is 1. The van der Waals surface area contributed by atoms with Crippen LogP contribution in [0.25, 0.3) is 0 Å². The van der Waals surface area contributed by atoms with E-state index in [1.54, 1.807) is 6.07 Å². The quantitative estimate of drug-likeness (QED) is 0.779. The smallest absolute Gasteiger partial charge is 0.240 e. The van der Waals surface area contributed by atoms with Crippen LogP contribution in [0.5, 0.6) is 0 Å². The van der Waals surface area contributed by atoms with Gasteiger partial charge in [-0.2, -0.15) is 0 Å². The lowest BCUT2D eigenvalue weighted by Crippen LogP contribution is -2.37. The Balaban J connectivity index is 1.93. The summed E-state index contributed by atoms with van der Waals surface area (Å²) < 4.78 is 4.73. The topological polar surface area (TPSA) is 58.4 Å². The number of carbonyl (C=O) groups excluding carboxylic acids is 1.